The summed E-state index contributed by atoms with van der Waals surface area (Å²) in [6, 6.07) is 2.51. The molecule has 2 heteroatoms. The molecule has 0 N–H and O–H groups in total. The Hall–Kier alpha value is -0.550. The molecule has 1 fully saturated rings. The van der Waals surface area contributed by atoms with Crippen molar-refractivity contribution in [3.63, 3.8) is 0 Å². The molecule has 15 heavy (non-hydrogen) atoms. The fraction of sp³-hybridized carbons (Fsp3) is 0.923. The van der Waals surface area contributed by atoms with E-state index in [0.29, 0.717) is 5.41 Å². The van der Waals surface area contributed by atoms with Crippen molar-refractivity contribution in [1.82, 2.24) is 4.90 Å². The van der Waals surface area contributed by atoms with Gasteiger partial charge in [0.1, 0.15) is 5.54 Å². The summed E-state index contributed by atoms with van der Waals surface area (Å²) in [6.07, 6.45) is 4.43. The molecule has 0 saturated heterocycles. The molecule has 0 aliphatic heterocycles. The molecule has 0 heterocycles. The minimum atomic E-state index is -0.193. The van der Waals surface area contributed by atoms with E-state index in [1.54, 1.807) is 0 Å². The zero-order valence-corrected chi connectivity index (χ0v) is 10.8. The van der Waals surface area contributed by atoms with Crippen LogP contribution in [0.3, 0.4) is 0 Å². The zero-order chi connectivity index (χ0) is 11.7. The van der Waals surface area contributed by atoms with Crippen LogP contribution in [0, 0.1) is 22.7 Å². The summed E-state index contributed by atoms with van der Waals surface area (Å²) in [7, 11) is 4.06. The van der Waals surface area contributed by atoms with Crippen LogP contribution in [0.25, 0.3) is 0 Å². The molecule has 0 aromatic carbocycles. The summed E-state index contributed by atoms with van der Waals surface area (Å²) in [5, 5.41) is 9.31. The van der Waals surface area contributed by atoms with Crippen molar-refractivity contribution in [2.75, 3.05) is 14.1 Å². The van der Waals surface area contributed by atoms with Crippen LogP contribution in [0.4, 0.5) is 0 Å². The van der Waals surface area contributed by atoms with E-state index in [-0.39, 0.29) is 5.54 Å². The van der Waals surface area contributed by atoms with Gasteiger partial charge in [0.05, 0.1) is 6.07 Å². The highest BCUT2D eigenvalue weighted by atomic mass is 15.1. The summed E-state index contributed by atoms with van der Waals surface area (Å²) in [5.41, 5.74) is 0.204. The van der Waals surface area contributed by atoms with Gasteiger partial charge in [-0.05, 0) is 51.1 Å². The average Bonchev–Trinajstić information content (AvgIpc) is 2.16. The van der Waals surface area contributed by atoms with Gasteiger partial charge in [0.15, 0.2) is 0 Å². The third kappa shape index (κ3) is 2.52. The fourth-order valence-corrected chi connectivity index (χ4v) is 2.62. The molecule has 0 aromatic heterocycles. The van der Waals surface area contributed by atoms with Gasteiger partial charge >= 0.3 is 0 Å². The molecule has 0 amide bonds. The van der Waals surface area contributed by atoms with Crippen molar-refractivity contribution in [2.45, 2.75) is 52.0 Å². The van der Waals surface area contributed by atoms with Crippen LogP contribution < -0.4 is 0 Å². The minimum Gasteiger partial charge on any atom is -0.292 e. The van der Waals surface area contributed by atoms with Crippen molar-refractivity contribution in [3.05, 3.63) is 0 Å². The Balaban J connectivity index is 2.67. The van der Waals surface area contributed by atoms with E-state index in [9.17, 15) is 5.26 Å². The predicted molar refractivity (Wildman–Crippen MR) is 63.4 cm³/mol. The lowest BCUT2D eigenvalue weighted by atomic mass is 9.67. The molecule has 1 aliphatic carbocycles. The van der Waals surface area contributed by atoms with Crippen molar-refractivity contribution >= 4 is 0 Å². The van der Waals surface area contributed by atoms with Gasteiger partial charge < -0.3 is 0 Å². The predicted octanol–water partition coefficient (Wildman–Crippen LogP) is 3.05. The first kappa shape index (κ1) is 12.5. The summed E-state index contributed by atoms with van der Waals surface area (Å²) < 4.78 is 0. The maximum Gasteiger partial charge on any atom is 0.108 e. The second-order valence-corrected chi connectivity index (χ2v) is 6.18. The van der Waals surface area contributed by atoms with Gasteiger partial charge in [-0.25, -0.2) is 0 Å². The maximum atomic E-state index is 9.31. The summed E-state index contributed by atoms with van der Waals surface area (Å²) in [6.45, 7) is 6.94. The number of nitrogens with zero attached hydrogens (tertiary/aromatic N) is 2. The van der Waals surface area contributed by atoms with Crippen molar-refractivity contribution in [2.24, 2.45) is 11.3 Å². The molecule has 0 unspecified atom stereocenters. The van der Waals surface area contributed by atoms with E-state index in [1.807, 2.05) is 14.1 Å². The Morgan fingerprint density at radius 1 is 1.20 bits per heavy atom. The highest BCUT2D eigenvalue weighted by molar-refractivity contribution is 5.09. The van der Waals surface area contributed by atoms with Crippen LogP contribution in [-0.2, 0) is 0 Å². The molecule has 0 bridgehead atoms. The molecule has 1 aliphatic rings. The van der Waals surface area contributed by atoms with Gasteiger partial charge in [-0.2, -0.15) is 5.26 Å². The van der Waals surface area contributed by atoms with Crippen LogP contribution in [0.1, 0.15) is 46.5 Å². The lowest BCUT2D eigenvalue weighted by molar-refractivity contribution is 0.0854. The molecular weight excluding hydrogens is 184 g/mol. The third-order valence-electron chi connectivity index (χ3n) is 4.10. The Kier molecular flexibility index (Phi) is 3.45. The number of rotatable bonds is 1. The highest BCUT2D eigenvalue weighted by Gasteiger charge is 2.40. The van der Waals surface area contributed by atoms with Gasteiger partial charge in [-0.1, -0.05) is 20.8 Å². The van der Waals surface area contributed by atoms with Crippen LogP contribution in [0.15, 0.2) is 0 Å². The highest BCUT2D eigenvalue weighted by Crippen LogP contribution is 2.42. The van der Waals surface area contributed by atoms with E-state index >= 15 is 0 Å². The van der Waals surface area contributed by atoms with Gasteiger partial charge in [0.2, 0.25) is 0 Å². The van der Waals surface area contributed by atoms with Crippen LogP contribution in [-0.4, -0.2) is 24.5 Å². The average molecular weight is 208 g/mol. The Labute approximate surface area is 94.3 Å². The van der Waals surface area contributed by atoms with E-state index in [2.05, 4.69) is 31.7 Å². The summed E-state index contributed by atoms with van der Waals surface area (Å²) in [5.74, 6) is 0.777. The lowest BCUT2D eigenvalue weighted by Gasteiger charge is -2.43. The Morgan fingerprint density at radius 2 is 1.67 bits per heavy atom. The van der Waals surface area contributed by atoms with Crippen molar-refractivity contribution in [1.29, 1.82) is 5.26 Å². The minimum absolute atomic E-state index is 0.193. The quantitative estimate of drug-likeness (QED) is 0.662. The third-order valence-corrected chi connectivity index (χ3v) is 4.10. The van der Waals surface area contributed by atoms with Gasteiger partial charge in [-0.15, -0.1) is 0 Å². The largest absolute Gasteiger partial charge is 0.292 e. The van der Waals surface area contributed by atoms with Crippen LogP contribution in [0.5, 0.6) is 0 Å². The normalized spacial score (nSPS) is 32.7. The Morgan fingerprint density at radius 3 is 1.93 bits per heavy atom. The van der Waals surface area contributed by atoms with Crippen molar-refractivity contribution in [3.8, 4) is 6.07 Å². The molecule has 0 radical (unpaired) electrons. The van der Waals surface area contributed by atoms with Crippen LogP contribution in [0.2, 0.25) is 0 Å². The second kappa shape index (κ2) is 4.14. The Bertz CT molecular complexity index is 247. The first-order valence-electron chi connectivity index (χ1n) is 5.90. The number of hydrogen-bond donors (Lipinski definition) is 0. The van der Waals surface area contributed by atoms with E-state index in [4.69, 9.17) is 0 Å². The second-order valence-electron chi connectivity index (χ2n) is 6.18. The molecule has 1 saturated carbocycles. The molecule has 0 atom stereocenters. The van der Waals surface area contributed by atoms with E-state index in [0.717, 1.165) is 18.8 Å². The SMILES string of the molecule is CN(C)C1(C#N)CCC(C(C)(C)C)CC1. The topological polar surface area (TPSA) is 27.0 Å². The molecule has 0 aromatic rings. The smallest absolute Gasteiger partial charge is 0.108 e. The van der Waals surface area contributed by atoms with Crippen molar-refractivity contribution < 1.29 is 0 Å². The van der Waals surface area contributed by atoms with Gasteiger partial charge in [0, 0.05) is 0 Å². The molecule has 86 valence electrons. The first-order valence-corrected chi connectivity index (χ1v) is 5.90. The zero-order valence-electron chi connectivity index (χ0n) is 10.8. The van der Waals surface area contributed by atoms with E-state index < -0.39 is 0 Å². The standard InChI is InChI=1S/C13H24N2/c1-12(2,3)11-6-8-13(10-14,9-7-11)15(4)5/h11H,6-9H2,1-5H3. The molecule has 1 rings (SSSR count). The molecular formula is C13H24N2. The first-order chi connectivity index (χ1) is 6.82. The number of hydrogen-bond acceptors (Lipinski definition) is 2. The van der Waals surface area contributed by atoms with Crippen LogP contribution >= 0.6 is 0 Å². The molecule has 0 spiro atoms. The van der Waals surface area contributed by atoms with Gasteiger partial charge in [-0.3, -0.25) is 4.90 Å². The van der Waals surface area contributed by atoms with Gasteiger partial charge in [0.25, 0.3) is 0 Å². The summed E-state index contributed by atoms with van der Waals surface area (Å²) in [4.78, 5) is 2.10. The van der Waals surface area contributed by atoms with E-state index in [1.165, 1.54) is 12.8 Å². The maximum absolute atomic E-state index is 9.31. The lowest BCUT2D eigenvalue weighted by Crippen LogP contribution is -2.47. The fourth-order valence-electron chi connectivity index (χ4n) is 2.62. The monoisotopic (exact) mass is 208 g/mol. The summed E-state index contributed by atoms with van der Waals surface area (Å²) >= 11 is 0. The number of nitriles is 1. The molecule has 2 nitrogen and oxygen atoms in total.